The summed E-state index contributed by atoms with van der Waals surface area (Å²) < 4.78 is 0. The van der Waals surface area contributed by atoms with Gasteiger partial charge >= 0.3 is 0 Å². The van der Waals surface area contributed by atoms with E-state index in [4.69, 9.17) is 0 Å². The molecule has 1 aliphatic rings. The molecule has 0 radical (unpaired) electrons. The second-order valence-electron chi connectivity index (χ2n) is 7.85. The highest BCUT2D eigenvalue weighted by Crippen LogP contribution is 2.17. The molecule has 4 rings (SSSR count). The van der Waals surface area contributed by atoms with Gasteiger partial charge in [-0.25, -0.2) is 0 Å². The molecule has 1 aliphatic heterocycles. The van der Waals surface area contributed by atoms with E-state index in [0.29, 0.717) is 31.5 Å². The fraction of sp³-hybridized carbons (Fsp3) is 0.292. The van der Waals surface area contributed by atoms with Gasteiger partial charge in [0.05, 0.1) is 23.4 Å². The Hall–Kier alpha value is -3.29. The average molecular weight is 418 g/mol. The molecule has 31 heavy (non-hydrogen) atoms. The maximum atomic E-state index is 12.6. The number of aryl methyl sites for hydroxylation is 1. The van der Waals surface area contributed by atoms with Gasteiger partial charge in [0, 0.05) is 18.0 Å². The minimum absolute atomic E-state index is 0.168. The summed E-state index contributed by atoms with van der Waals surface area (Å²) in [5.74, 6) is -0.569. The Morgan fingerprint density at radius 1 is 1.13 bits per heavy atom. The molecule has 7 nitrogen and oxygen atoms in total. The number of rotatable bonds is 7. The first-order valence-corrected chi connectivity index (χ1v) is 10.5. The average Bonchev–Trinajstić information content (AvgIpc) is 3.26. The summed E-state index contributed by atoms with van der Waals surface area (Å²) in [5, 5.41) is 20.0. The van der Waals surface area contributed by atoms with Crippen molar-refractivity contribution in [2.24, 2.45) is 0 Å². The maximum Gasteiger partial charge on any atom is 0.249 e. The van der Waals surface area contributed by atoms with E-state index in [1.165, 1.54) is 0 Å². The van der Waals surface area contributed by atoms with Crippen molar-refractivity contribution < 1.29 is 14.7 Å². The van der Waals surface area contributed by atoms with Crippen LogP contribution < -0.4 is 16.0 Å². The fourth-order valence-corrected chi connectivity index (χ4v) is 3.79. The minimum Gasteiger partial charge on any atom is -0.383 e. The molecule has 0 unspecified atom stereocenters. The van der Waals surface area contributed by atoms with Crippen LogP contribution in [0.2, 0.25) is 0 Å². The van der Waals surface area contributed by atoms with E-state index in [0.717, 1.165) is 16.5 Å². The van der Waals surface area contributed by atoms with Gasteiger partial charge in [0.15, 0.2) is 0 Å². The molecule has 1 aromatic heterocycles. The van der Waals surface area contributed by atoms with Crippen molar-refractivity contribution in [1.82, 2.24) is 15.6 Å². The van der Waals surface area contributed by atoms with Gasteiger partial charge in [0.25, 0.3) is 0 Å². The number of amides is 2. The summed E-state index contributed by atoms with van der Waals surface area (Å²) in [6.45, 7) is 0.477. The number of nitrogens with one attached hydrogen (secondary N) is 3. The first-order valence-electron chi connectivity index (χ1n) is 10.5. The number of hydrogen-bond acceptors (Lipinski definition) is 5. The van der Waals surface area contributed by atoms with E-state index >= 15 is 0 Å². The molecule has 1 saturated heterocycles. The molecule has 4 N–H and O–H groups in total. The lowest BCUT2D eigenvalue weighted by Gasteiger charge is -2.16. The van der Waals surface area contributed by atoms with E-state index < -0.39 is 18.1 Å². The van der Waals surface area contributed by atoms with Crippen LogP contribution in [0, 0.1) is 0 Å². The van der Waals surface area contributed by atoms with Crippen molar-refractivity contribution in [3.8, 4) is 0 Å². The quantitative estimate of drug-likeness (QED) is 0.470. The Bertz CT molecular complexity index is 1060. The molecule has 3 atom stereocenters. The second-order valence-corrected chi connectivity index (χ2v) is 7.85. The van der Waals surface area contributed by atoms with E-state index in [2.05, 4.69) is 20.9 Å². The predicted molar refractivity (Wildman–Crippen MR) is 119 cm³/mol. The largest absolute Gasteiger partial charge is 0.383 e. The van der Waals surface area contributed by atoms with Crippen molar-refractivity contribution in [2.45, 2.75) is 37.5 Å². The molecule has 0 bridgehead atoms. The SMILES string of the molecule is O=C(N[C@H]1CN[C@H](C(=O)Nc2cnc3ccccc3c2)C1)[C@H](O)CCc1ccccc1. The number of carbonyl (C=O) groups excluding carboxylic acids is 2. The lowest BCUT2D eigenvalue weighted by Crippen LogP contribution is -2.42. The van der Waals surface area contributed by atoms with Gasteiger partial charge in [-0.05, 0) is 37.0 Å². The van der Waals surface area contributed by atoms with Gasteiger partial charge in [-0.15, -0.1) is 0 Å². The Labute approximate surface area is 180 Å². The van der Waals surface area contributed by atoms with Gasteiger partial charge in [0.2, 0.25) is 11.8 Å². The summed E-state index contributed by atoms with van der Waals surface area (Å²) in [6.07, 6.45) is 2.01. The number of pyridine rings is 1. The van der Waals surface area contributed by atoms with Crippen molar-refractivity contribution in [1.29, 1.82) is 0 Å². The van der Waals surface area contributed by atoms with Crippen LogP contribution in [0.5, 0.6) is 0 Å². The second kappa shape index (κ2) is 9.68. The molecule has 0 aliphatic carbocycles. The Morgan fingerprint density at radius 3 is 2.74 bits per heavy atom. The van der Waals surface area contributed by atoms with Gasteiger partial charge in [0.1, 0.15) is 6.10 Å². The van der Waals surface area contributed by atoms with Crippen LogP contribution in [0.15, 0.2) is 66.9 Å². The van der Waals surface area contributed by atoms with Crippen LogP contribution in [0.1, 0.15) is 18.4 Å². The Morgan fingerprint density at radius 2 is 1.90 bits per heavy atom. The van der Waals surface area contributed by atoms with Gasteiger partial charge < -0.3 is 21.1 Å². The number of aromatic nitrogens is 1. The third-order valence-corrected chi connectivity index (χ3v) is 5.50. The summed E-state index contributed by atoms with van der Waals surface area (Å²) in [5.41, 5.74) is 2.58. The number of anilines is 1. The van der Waals surface area contributed by atoms with Crippen molar-refractivity contribution in [3.63, 3.8) is 0 Å². The molecule has 2 aromatic carbocycles. The molecule has 3 aromatic rings. The van der Waals surface area contributed by atoms with Gasteiger partial charge in [-0.1, -0.05) is 48.5 Å². The zero-order valence-electron chi connectivity index (χ0n) is 17.1. The van der Waals surface area contributed by atoms with Crippen LogP contribution in [-0.2, 0) is 16.0 Å². The molecule has 160 valence electrons. The minimum atomic E-state index is -1.07. The van der Waals surface area contributed by atoms with Crippen molar-refractivity contribution in [2.75, 3.05) is 11.9 Å². The first kappa shape index (κ1) is 21.0. The Kier molecular flexibility index (Phi) is 6.54. The van der Waals surface area contributed by atoms with E-state index in [-0.39, 0.29) is 11.9 Å². The highest BCUT2D eigenvalue weighted by molar-refractivity contribution is 5.96. The zero-order valence-corrected chi connectivity index (χ0v) is 17.1. The van der Waals surface area contributed by atoms with Crippen molar-refractivity contribution in [3.05, 3.63) is 72.4 Å². The molecular formula is C24H26N4O3. The van der Waals surface area contributed by atoms with Crippen LogP contribution in [0.4, 0.5) is 5.69 Å². The fourth-order valence-electron chi connectivity index (χ4n) is 3.79. The molecular weight excluding hydrogens is 392 g/mol. The van der Waals surface area contributed by atoms with E-state index in [1.807, 2.05) is 60.7 Å². The molecule has 0 saturated carbocycles. The van der Waals surface area contributed by atoms with Crippen LogP contribution in [-0.4, -0.2) is 46.6 Å². The third-order valence-electron chi connectivity index (χ3n) is 5.50. The number of para-hydroxylation sites is 1. The van der Waals surface area contributed by atoms with Crippen LogP contribution in [0.25, 0.3) is 10.9 Å². The number of fused-ring (bicyclic) bond motifs is 1. The monoisotopic (exact) mass is 418 g/mol. The van der Waals surface area contributed by atoms with Crippen LogP contribution in [0.3, 0.4) is 0 Å². The number of aliphatic hydroxyl groups is 1. The molecule has 7 heteroatoms. The normalized spacial score (nSPS) is 19.1. The number of aliphatic hydroxyl groups excluding tert-OH is 1. The van der Waals surface area contributed by atoms with Gasteiger partial charge in [-0.2, -0.15) is 0 Å². The summed E-state index contributed by atoms with van der Waals surface area (Å²) in [6, 6.07) is 18.7. The number of hydrogen-bond donors (Lipinski definition) is 4. The Balaban J connectivity index is 1.25. The molecule has 2 amide bonds. The smallest absolute Gasteiger partial charge is 0.249 e. The van der Waals surface area contributed by atoms with Crippen LogP contribution >= 0.6 is 0 Å². The maximum absolute atomic E-state index is 12.6. The molecule has 1 fully saturated rings. The highest BCUT2D eigenvalue weighted by Gasteiger charge is 2.31. The number of benzene rings is 2. The summed E-state index contributed by atoms with van der Waals surface area (Å²) in [4.78, 5) is 29.3. The van der Waals surface area contributed by atoms with E-state index in [1.54, 1.807) is 6.20 Å². The lowest BCUT2D eigenvalue weighted by atomic mass is 10.1. The van der Waals surface area contributed by atoms with E-state index in [9.17, 15) is 14.7 Å². The van der Waals surface area contributed by atoms with Crippen molar-refractivity contribution >= 4 is 28.4 Å². The lowest BCUT2D eigenvalue weighted by molar-refractivity contribution is -0.130. The third kappa shape index (κ3) is 5.45. The number of nitrogens with zero attached hydrogens (tertiary/aromatic N) is 1. The standard InChI is InChI=1S/C24H26N4O3/c29-22(11-10-16-6-2-1-3-7-16)24(31)28-19-13-21(26-15-19)23(30)27-18-12-17-8-4-5-9-20(17)25-14-18/h1-9,12,14,19,21-22,26,29H,10-11,13,15H2,(H,27,30)(H,28,31)/t19-,21+,22-/m1/s1. The summed E-state index contributed by atoms with van der Waals surface area (Å²) >= 11 is 0. The molecule has 0 spiro atoms. The predicted octanol–water partition coefficient (Wildman–Crippen LogP) is 2.01. The zero-order chi connectivity index (χ0) is 21.6. The summed E-state index contributed by atoms with van der Waals surface area (Å²) in [7, 11) is 0. The topological polar surface area (TPSA) is 103 Å². The first-order chi connectivity index (χ1) is 15.1. The number of carbonyl (C=O) groups is 2. The van der Waals surface area contributed by atoms with Gasteiger partial charge in [-0.3, -0.25) is 14.6 Å². The molecule has 2 heterocycles. The highest BCUT2D eigenvalue weighted by atomic mass is 16.3.